The third kappa shape index (κ3) is 4.46. The molecule has 3 rings (SSSR count). The normalized spacial score (nSPS) is 20.7. The minimum Gasteiger partial charge on any atom is -0.354 e. The first-order chi connectivity index (χ1) is 11.1. The molecule has 0 bridgehead atoms. The number of carbonyl (C=O) groups is 2. The molecular formula is C15H22N4O3S. The number of hydrogen-bond acceptors (Lipinski definition) is 6. The van der Waals surface area contributed by atoms with Gasteiger partial charge in [-0.2, -0.15) is 4.98 Å². The molecule has 1 atom stereocenters. The fraction of sp³-hybridized carbons (Fsp3) is 0.733. The van der Waals surface area contributed by atoms with Crippen molar-refractivity contribution < 1.29 is 14.1 Å². The van der Waals surface area contributed by atoms with Crippen molar-refractivity contribution in [1.82, 2.24) is 20.4 Å². The van der Waals surface area contributed by atoms with Gasteiger partial charge in [-0.3, -0.25) is 9.59 Å². The van der Waals surface area contributed by atoms with E-state index in [1.807, 2.05) is 0 Å². The van der Waals surface area contributed by atoms with Crippen LogP contribution in [0.25, 0.3) is 0 Å². The highest BCUT2D eigenvalue weighted by Crippen LogP contribution is 2.28. The standard InChI is InChI=1S/C15H22N4O3S/c1-10-17-13(22-18-10)3-2-4-14(20)19-9-23-8-12(19)15(21)16-7-11-5-6-11/h11-12H,2-9H2,1H3,(H,16,21). The zero-order valence-electron chi connectivity index (χ0n) is 13.3. The van der Waals surface area contributed by atoms with Crippen LogP contribution in [-0.4, -0.2) is 51.1 Å². The Morgan fingerprint density at radius 3 is 2.96 bits per heavy atom. The van der Waals surface area contributed by atoms with Gasteiger partial charge in [0.25, 0.3) is 0 Å². The molecule has 0 radical (unpaired) electrons. The third-order valence-electron chi connectivity index (χ3n) is 4.12. The van der Waals surface area contributed by atoms with Crippen LogP contribution < -0.4 is 5.32 Å². The predicted molar refractivity (Wildman–Crippen MR) is 85.7 cm³/mol. The largest absolute Gasteiger partial charge is 0.354 e. The number of nitrogens with zero attached hydrogens (tertiary/aromatic N) is 3. The molecule has 1 saturated heterocycles. The van der Waals surface area contributed by atoms with E-state index in [0.29, 0.717) is 48.5 Å². The summed E-state index contributed by atoms with van der Waals surface area (Å²) in [7, 11) is 0. The molecular weight excluding hydrogens is 316 g/mol. The van der Waals surface area contributed by atoms with Crippen molar-refractivity contribution >= 4 is 23.6 Å². The van der Waals surface area contributed by atoms with Crippen LogP contribution >= 0.6 is 11.8 Å². The summed E-state index contributed by atoms with van der Waals surface area (Å²) in [5, 5.41) is 6.71. The summed E-state index contributed by atoms with van der Waals surface area (Å²) in [6.07, 6.45) is 4.05. The van der Waals surface area contributed by atoms with Gasteiger partial charge >= 0.3 is 0 Å². The van der Waals surface area contributed by atoms with E-state index < -0.39 is 0 Å². The monoisotopic (exact) mass is 338 g/mol. The van der Waals surface area contributed by atoms with Gasteiger partial charge in [0.1, 0.15) is 6.04 Å². The van der Waals surface area contributed by atoms with Crippen molar-refractivity contribution in [1.29, 1.82) is 0 Å². The fourth-order valence-corrected chi connectivity index (χ4v) is 3.75. The zero-order valence-corrected chi connectivity index (χ0v) is 14.1. The highest BCUT2D eigenvalue weighted by molar-refractivity contribution is 7.99. The first kappa shape index (κ1) is 16.3. The minimum atomic E-state index is -0.322. The second kappa shape index (κ2) is 7.33. The van der Waals surface area contributed by atoms with E-state index in [1.165, 1.54) is 12.8 Å². The van der Waals surface area contributed by atoms with E-state index in [0.717, 1.165) is 6.54 Å². The molecule has 2 heterocycles. The van der Waals surface area contributed by atoms with Crippen LogP contribution in [0.2, 0.25) is 0 Å². The molecule has 1 aliphatic heterocycles. The third-order valence-corrected chi connectivity index (χ3v) is 5.13. The molecule has 1 aromatic heterocycles. The molecule has 126 valence electrons. The Morgan fingerprint density at radius 1 is 1.43 bits per heavy atom. The van der Waals surface area contributed by atoms with E-state index in [4.69, 9.17) is 4.52 Å². The Balaban J connectivity index is 1.44. The van der Waals surface area contributed by atoms with Crippen LogP contribution in [0.4, 0.5) is 0 Å². The van der Waals surface area contributed by atoms with Crippen molar-refractivity contribution in [3.8, 4) is 0 Å². The maximum Gasteiger partial charge on any atom is 0.243 e. The topological polar surface area (TPSA) is 88.3 Å². The van der Waals surface area contributed by atoms with Crippen molar-refractivity contribution in [2.75, 3.05) is 18.2 Å². The minimum absolute atomic E-state index is 0.0113. The van der Waals surface area contributed by atoms with Gasteiger partial charge in [0.05, 0.1) is 5.88 Å². The summed E-state index contributed by atoms with van der Waals surface area (Å²) in [5.74, 6) is 3.11. The molecule has 2 fully saturated rings. The highest BCUT2D eigenvalue weighted by atomic mass is 32.2. The summed E-state index contributed by atoms with van der Waals surface area (Å²) < 4.78 is 5.04. The number of rotatable bonds is 7. The van der Waals surface area contributed by atoms with Crippen molar-refractivity contribution in [2.24, 2.45) is 5.92 Å². The fourth-order valence-electron chi connectivity index (χ4n) is 2.57. The number of nitrogens with one attached hydrogen (secondary N) is 1. The summed E-state index contributed by atoms with van der Waals surface area (Å²) in [5.41, 5.74) is 0. The second-order valence-electron chi connectivity index (χ2n) is 6.16. The van der Waals surface area contributed by atoms with Crippen LogP contribution in [-0.2, 0) is 16.0 Å². The second-order valence-corrected chi connectivity index (χ2v) is 7.16. The predicted octanol–water partition coefficient (Wildman–Crippen LogP) is 1.13. The average Bonchev–Trinajstić information content (AvgIpc) is 3.05. The summed E-state index contributed by atoms with van der Waals surface area (Å²) >= 11 is 1.63. The first-order valence-corrected chi connectivity index (χ1v) is 9.23. The smallest absolute Gasteiger partial charge is 0.243 e. The van der Waals surface area contributed by atoms with Crippen LogP contribution in [0.1, 0.15) is 37.4 Å². The number of carbonyl (C=O) groups excluding carboxylic acids is 2. The number of aryl methyl sites for hydroxylation is 2. The lowest BCUT2D eigenvalue weighted by Gasteiger charge is -2.23. The average molecular weight is 338 g/mol. The van der Waals surface area contributed by atoms with Gasteiger partial charge < -0.3 is 14.7 Å². The maximum atomic E-state index is 12.4. The lowest BCUT2D eigenvalue weighted by molar-refractivity contribution is -0.138. The molecule has 1 aromatic rings. The van der Waals surface area contributed by atoms with Gasteiger partial charge in [0.2, 0.25) is 17.7 Å². The molecule has 1 aliphatic carbocycles. The lowest BCUT2D eigenvalue weighted by Crippen LogP contribution is -2.47. The molecule has 7 nitrogen and oxygen atoms in total. The van der Waals surface area contributed by atoms with Gasteiger partial charge in [-0.25, -0.2) is 0 Å². The lowest BCUT2D eigenvalue weighted by atomic mass is 10.2. The Morgan fingerprint density at radius 2 is 2.26 bits per heavy atom. The van der Waals surface area contributed by atoms with Gasteiger partial charge in [-0.1, -0.05) is 5.16 Å². The Kier molecular flexibility index (Phi) is 5.20. The van der Waals surface area contributed by atoms with Crippen LogP contribution in [0, 0.1) is 12.8 Å². The number of amides is 2. The maximum absolute atomic E-state index is 12.4. The van der Waals surface area contributed by atoms with Crippen molar-refractivity contribution in [2.45, 2.75) is 45.1 Å². The molecule has 1 N–H and O–H groups in total. The van der Waals surface area contributed by atoms with Gasteiger partial charge in [0.15, 0.2) is 5.82 Å². The molecule has 1 saturated carbocycles. The van der Waals surface area contributed by atoms with E-state index in [1.54, 1.807) is 23.6 Å². The molecule has 0 spiro atoms. The van der Waals surface area contributed by atoms with E-state index in [2.05, 4.69) is 15.5 Å². The van der Waals surface area contributed by atoms with E-state index >= 15 is 0 Å². The molecule has 2 amide bonds. The Labute approximate surface area is 139 Å². The Bertz CT molecular complexity index is 573. The summed E-state index contributed by atoms with van der Waals surface area (Å²) in [4.78, 5) is 30.4. The van der Waals surface area contributed by atoms with Crippen molar-refractivity contribution in [3.63, 3.8) is 0 Å². The molecule has 2 aliphatic rings. The quantitative estimate of drug-likeness (QED) is 0.802. The number of aromatic nitrogens is 2. The van der Waals surface area contributed by atoms with Gasteiger partial charge in [0, 0.05) is 25.1 Å². The van der Waals surface area contributed by atoms with Crippen LogP contribution in [0.3, 0.4) is 0 Å². The van der Waals surface area contributed by atoms with Crippen LogP contribution in [0.5, 0.6) is 0 Å². The Hall–Kier alpha value is -1.57. The summed E-state index contributed by atoms with van der Waals surface area (Å²) in [6.45, 7) is 2.52. The number of thioether (sulfide) groups is 1. The van der Waals surface area contributed by atoms with Gasteiger partial charge in [-0.05, 0) is 32.1 Å². The zero-order chi connectivity index (χ0) is 16.2. The molecule has 0 aromatic carbocycles. The molecule has 1 unspecified atom stereocenters. The van der Waals surface area contributed by atoms with E-state index in [-0.39, 0.29) is 17.9 Å². The number of hydrogen-bond donors (Lipinski definition) is 1. The highest BCUT2D eigenvalue weighted by Gasteiger charge is 2.34. The van der Waals surface area contributed by atoms with Crippen molar-refractivity contribution in [3.05, 3.63) is 11.7 Å². The molecule has 23 heavy (non-hydrogen) atoms. The molecule has 8 heteroatoms. The summed E-state index contributed by atoms with van der Waals surface area (Å²) in [6, 6.07) is -0.322. The SMILES string of the molecule is Cc1noc(CCCC(=O)N2CSCC2C(=O)NCC2CC2)n1. The first-order valence-electron chi connectivity index (χ1n) is 8.07. The van der Waals surface area contributed by atoms with E-state index in [9.17, 15) is 9.59 Å². The van der Waals surface area contributed by atoms with Crippen LogP contribution in [0.15, 0.2) is 4.52 Å². The van der Waals surface area contributed by atoms with Gasteiger partial charge in [-0.15, -0.1) is 11.8 Å².